The minimum atomic E-state index is -4.83. The highest BCUT2D eigenvalue weighted by Gasteiger charge is 2.31. The van der Waals surface area contributed by atoms with Crippen molar-refractivity contribution >= 4 is 46.1 Å². The van der Waals surface area contributed by atoms with E-state index in [0.29, 0.717) is 28.4 Å². The van der Waals surface area contributed by atoms with Crippen LogP contribution in [0.5, 0.6) is 5.75 Å². The Morgan fingerprint density at radius 1 is 1.06 bits per heavy atom. The fraction of sp³-hybridized carbons (Fsp3) is 0.182. The van der Waals surface area contributed by atoms with Crippen molar-refractivity contribution in [3.8, 4) is 5.75 Å². The Hall–Kier alpha value is -4.13. The van der Waals surface area contributed by atoms with E-state index in [1.165, 1.54) is 17.0 Å². The molecule has 0 fully saturated rings. The fourth-order valence-electron chi connectivity index (χ4n) is 3.32. The largest absolute Gasteiger partial charge is 0.573 e. The van der Waals surface area contributed by atoms with E-state index in [1.54, 1.807) is 24.3 Å². The molecule has 4 N–H and O–H groups in total. The van der Waals surface area contributed by atoms with Crippen molar-refractivity contribution in [2.24, 2.45) is 0 Å². The predicted molar refractivity (Wildman–Crippen MR) is 122 cm³/mol. The smallest absolute Gasteiger partial charge is 0.406 e. The number of benzene rings is 2. The van der Waals surface area contributed by atoms with E-state index in [1.807, 2.05) is 0 Å². The van der Waals surface area contributed by atoms with Gasteiger partial charge in [-0.3, -0.25) is 14.4 Å². The second-order valence-electron chi connectivity index (χ2n) is 7.43. The first-order valence-electron chi connectivity index (χ1n) is 10.2. The summed E-state index contributed by atoms with van der Waals surface area (Å²) in [5.74, 6) is -2.65. The molecular weight excluding hydrogens is 487 g/mol. The summed E-state index contributed by atoms with van der Waals surface area (Å²) in [6.45, 7) is 0.312. The Morgan fingerprint density at radius 3 is 2.46 bits per heavy atom. The standard InChI is InChI=1S/C22H18F3N5O4S/c23-22(24,25)34-13-7-5-12(6-8-13)27-19(32)21(33)30-10-9-16-17(11-30)35-20(29-16)18(31)28-15-4-2-1-3-14(15)26/h1-8H,9-11,26H2,(H,27,32)(H,28,31). The lowest BCUT2D eigenvalue weighted by atomic mass is 10.2. The Labute approximate surface area is 200 Å². The number of fused-ring (bicyclic) bond motifs is 1. The fourth-order valence-corrected chi connectivity index (χ4v) is 4.34. The van der Waals surface area contributed by atoms with Crippen LogP contribution in [0.25, 0.3) is 0 Å². The number of hydrogen-bond donors (Lipinski definition) is 3. The normalized spacial score (nSPS) is 13.1. The lowest BCUT2D eigenvalue weighted by Crippen LogP contribution is -2.42. The molecule has 1 aliphatic rings. The number of para-hydroxylation sites is 2. The molecule has 0 radical (unpaired) electrons. The third-order valence-electron chi connectivity index (χ3n) is 4.96. The van der Waals surface area contributed by atoms with Crippen LogP contribution in [0.2, 0.25) is 0 Å². The molecule has 0 bridgehead atoms. The third kappa shape index (κ3) is 5.87. The maximum Gasteiger partial charge on any atom is 0.573 e. The van der Waals surface area contributed by atoms with Crippen LogP contribution in [0, 0.1) is 0 Å². The number of nitrogens with two attached hydrogens (primary N) is 1. The van der Waals surface area contributed by atoms with E-state index in [2.05, 4.69) is 20.4 Å². The van der Waals surface area contributed by atoms with Crippen molar-refractivity contribution in [3.63, 3.8) is 0 Å². The van der Waals surface area contributed by atoms with Gasteiger partial charge in [-0.25, -0.2) is 4.98 Å². The molecule has 0 unspecified atom stereocenters. The molecule has 3 amide bonds. The van der Waals surface area contributed by atoms with Crippen molar-refractivity contribution < 1.29 is 32.3 Å². The van der Waals surface area contributed by atoms with E-state index in [0.717, 1.165) is 23.5 Å². The molecule has 0 saturated heterocycles. The first kappa shape index (κ1) is 24.0. The van der Waals surface area contributed by atoms with Crippen LogP contribution in [0.4, 0.5) is 30.2 Å². The number of ether oxygens (including phenoxy) is 1. The molecule has 1 aliphatic heterocycles. The van der Waals surface area contributed by atoms with Crippen molar-refractivity contribution in [1.29, 1.82) is 0 Å². The molecule has 3 aromatic rings. The highest BCUT2D eigenvalue weighted by Crippen LogP contribution is 2.27. The summed E-state index contributed by atoms with van der Waals surface area (Å²) < 4.78 is 40.5. The average Bonchev–Trinajstić information content (AvgIpc) is 3.24. The quantitative estimate of drug-likeness (QED) is 0.369. The van der Waals surface area contributed by atoms with Crippen LogP contribution in [-0.2, 0) is 22.6 Å². The minimum Gasteiger partial charge on any atom is -0.406 e. The van der Waals surface area contributed by atoms with E-state index >= 15 is 0 Å². The van der Waals surface area contributed by atoms with E-state index in [-0.39, 0.29) is 23.8 Å². The molecule has 1 aromatic heterocycles. The first-order chi connectivity index (χ1) is 16.6. The molecular formula is C22H18F3N5O4S. The zero-order valence-corrected chi connectivity index (χ0v) is 18.7. The zero-order valence-electron chi connectivity index (χ0n) is 17.9. The predicted octanol–water partition coefficient (Wildman–Crippen LogP) is 3.40. The zero-order chi connectivity index (χ0) is 25.2. The average molecular weight is 505 g/mol. The summed E-state index contributed by atoms with van der Waals surface area (Å²) >= 11 is 1.12. The van der Waals surface area contributed by atoms with Gasteiger partial charge in [0.2, 0.25) is 0 Å². The third-order valence-corrected chi connectivity index (χ3v) is 6.04. The van der Waals surface area contributed by atoms with Crippen LogP contribution in [0.1, 0.15) is 20.4 Å². The van der Waals surface area contributed by atoms with Crippen LogP contribution in [0.3, 0.4) is 0 Å². The molecule has 0 aliphatic carbocycles. The Balaban J connectivity index is 1.37. The van der Waals surface area contributed by atoms with Crippen molar-refractivity contribution in [1.82, 2.24) is 9.88 Å². The van der Waals surface area contributed by atoms with Crippen molar-refractivity contribution in [2.75, 3.05) is 22.9 Å². The number of nitrogens with one attached hydrogen (secondary N) is 2. The molecule has 0 saturated carbocycles. The number of thiazole rings is 1. The molecule has 2 heterocycles. The molecule has 0 atom stereocenters. The summed E-state index contributed by atoms with van der Waals surface area (Å²) in [5.41, 5.74) is 7.52. The topological polar surface area (TPSA) is 127 Å². The number of nitrogens with zero attached hydrogens (tertiary/aromatic N) is 2. The van der Waals surface area contributed by atoms with Gasteiger partial charge in [0.25, 0.3) is 5.91 Å². The second-order valence-corrected chi connectivity index (χ2v) is 8.52. The lowest BCUT2D eigenvalue weighted by Gasteiger charge is -2.25. The molecule has 35 heavy (non-hydrogen) atoms. The van der Waals surface area contributed by atoms with E-state index in [9.17, 15) is 27.6 Å². The van der Waals surface area contributed by atoms with Crippen LogP contribution in [0.15, 0.2) is 48.5 Å². The van der Waals surface area contributed by atoms with Gasteiger partial charge in [0, 0.05) is 23.5 Å². The minimum absolute atomic E-state index is 0.0956. The van der Waals surface area contributed by atoms with Crippen molar-refractivity contribution in [2.45, 2.75) is 19.3 Å². The number of halogens is 3. The monoisotopic (exact) mass is 505 g/mol. The molecule has 0 spiro atoms. The summed E-state index contributed by atoms with van der Waals surface area (Å²) in [6, 6.07) is 11.2. The van der Waals surface area contributed by atoms with E-state index < -0.39 is 29.8 Å². The molecule has 182 valence electrons. The maximum absolute atomic E-state index is 12.6. The first-order valence-corrected chi connectivity index (χ1v) is 11.0. The number of rotatable bonds is 4. The summed E-state index contributed by atoms with van der Waals surface area (Å²) in [5, 5.41) is 5.26. The lowest BCUT2D eigenvalue weighted by molar-refractivity contribution is -0.274. The number of carbonyl (C=O) groups excluding carboxylic acids is 3. The Morgan fingerprint density at radius 2 is 1.77 bits per heavy atom. The highest BCUT2D eigenvalue weighted by atomic mass is 32.1. The maximum atomic E-state index is 12.6. The summed E-state index contributed by atoms with van der Waals surface area (Å²) in [7, 11) is 0. The molecule has 4 rings (SSSR count). The summed E-state index contributed by atoms with van der Waals surface area (Å²) in [6.07, 6.45) is -4.48. The highest BCUT2D eigenvalue weighted by molar-refractivity contribution is 7.13. The van der Waals surface area contributed by atoms with Crippen LogP contribution < -0.4 is 21.1 Å². The second kappa shape index (κ2) is 9.62. The van der Waals surface area contributed by atoms with Gasteiger partial charge < -0.3 is 26.0 Å². The number of carbonyl (C=O) groups is 3. The van der Waals surface area contributed by atoms with Crippen molar-refractivity contribution in [3.05, 3.63) is 64.1 Å². The van der Waals surface area contributed by atoms with E-state index in [4.69, 9.17) is 5.73 Å². The van der Waals surface area contributed by atoms with Gasteiger partial charge in [-0.05, 0) is 36.4 Å². The van der Waals surface area contributed by atoms with Gasteiger partial charge in [0.05, 0.1) is 23.6 Å². The number of aromatic nitrogens is 1. The van der Waals surface area contributed by atoms with Crippen LogP contribution >= 0.6 is 11.3 Å². The van der Waals surface area contributed by atoms with Gasteiger partial charge in [-0.2, -0.15) is 0 Å². The number of anilines is 3. The number of nitrogen functional groups attached to an aromatic ring is 1. The molecule has 2 aromatic carbocycles. The number of amides is 3. The Bertz CT molecular complexity index is 1280. The van der Waals surface area contributed by atoms with Gasteiger partial charge in [-0.15, -0.1) is 24.5 Å². The molecule has 9 nitrogen and oxygen atoms in total. The summed E-state index contributed by atoms with van der Waals surface area (Å²) in [4.78, 5) is 43.9. The van der Waals surface area contributed by atoms with Gasteiger partial charge in [-0.1, -0.05) is 12.1 Å². The van der Waals surface area contributed by atoms with Gasteiger partial charge in [0.1, 0.15) is 5.75 Å². The molecule has 13 heteroatoms. The van der Waals surface area contributed by atoms with Gasteiger partial charge >= 0.3 is 18.2 Å². The number of alkyl halides is 3. The SMILES string of the molecule is Nc1ccccc1NC(=O)c1nc2c(s1)CN(C(=O)C(=O)Nc1ccc(OC(F)(F)F)cc1)CC2. The number of hydrogen-bond acceptors (Lipinski definition) is 7. The van der Waals surface area contributed by atoms with Crippen LogP contribution in [-0.4, -0.2) is 40.5 Å². The Kier molecular flexibility index (Phi) is 6.60. The van der Waals surface area contributed by atoms with Gasteiger partial charge in [0.15, 0.2) is 5.01 Å².